The lowest BCUT2D eigenvalue weighted by Crippen LogP contribution is -2.31. The van der Waals surface area contributed by atoms with Crippen molar-refractivity contribution in [1.29, 1.82) is 0 Å². The van der Waals surface area contributed by atoms with Gasteiger partial charge in [0.2, 0.25) is 11.1 Å². The molecule has 154 valence electrons. The second-order valence-corrected chi connectivity index (χ2v) is 8.36. The van der Waals surface area contributed by atoms with Crippen molar-refractivity contribution in [3.05, 3.63) is 69.8 Å². The van der Waals surface area contributed by atoms with Gasteiger partial charge in [-0.05, 0) is 55.1 Å². The number of hydrogen-bond donors (Lipinski definition) is 2. The predicted molar refractivity (Wildman–Crippen MR) is 122 cm³/mol. The maximum Gasteiger partial charge on any atom is 0.255 e. The molecule has 1 amide bonds. The van der Waals surface area contributed by atoms with Gasteiger partial charge < -0.3 is 15.4 Å². The Morgan fingerprint density at radius 2 is 1.90 bits per heavy atom. The van der Waals surface area contributed by atoms with Crippen LogP contribution in [0.4, 0.5) is 11.6 Å². The number of anilines is 2. The molecule has 9 heteroatoms. The summed E-state index contributed by atoms with van der Waals surface area (Å²) in [7, 11) is 1.61. The van der Waals surface area contributed by atoms with Crippen LogP contribution in [0.5, 0.6) is 5.75 Å². The predicted octanol–water partition coefficient (Wildman–Crippen LogP) is 4.70. The van der Waals surface area contributed by atoms with Crippen molar-refractivity contribution in [2.45, 2.75) is 18.1 Å². The molecular weight excluding hydrogens is 466 g/mol. The molecule has 0 aliphatic carbocycles. The summed E-state index contributed by atoms with van der Waals surface area (Å²) in [5.74, 6) is 1.14. The first-order valence-corrected chi connectivity index (χ1v) is 11.2. The summed E-state index contributed by atoms with van der Waals surface area (Å²) in [5, 5.41) is 11.5. The molecule has 1 aromatic heterocycles. The molecule has 0 radical (unpaired) electrons. The molecule has 0 bridgehead atoms. The van der Waals surface area contributed by atoms with Crippen LogP contribution in [0.2, 0.25) is 0 Å². The first kappa shape index (κ1) is 20.5. The summed E-state index contributed by atoms with van der Waals surface area (Å²) in [4.78, 5) is 17.9. The van der Waals surface area contributed by atoms with Crippen molar-refractivity contribution in [3.8, 4) is 5.75 Å². The Hall–Kier alpha value is -2.78. The van der Waals surface area contributed by atoms with Crippen LogP contribution in [0.3, 0.4) is 0 Å². The molecule has 3 aromatic rings. The van der Waals surface area contributed by atoms with Gasteiger partial charge in [-0.2, -0.15) is 4.98 Å². The van der Waals surface area contributed by atoms with Gasteiger partial charge in [0.1, 0.15) is 11.8 Å². The highest BCUT2D eigenvalue weighted by Crippen LogP contribution is 2.36. The summed E-state index contributed by atoms with van der Waals surface area (Å²) in [6.07, 6.45) is 1.92. The van der Waals surface area contributed by atoms with Crippen LogP contribution < -0.4 is 15.4 Å². The van der Waals surface area contributed by atoms with E-state index in [1.165, 1.54) is 11.8 Å². The molecule has 1 aliphatic heterocycles. The zero-order chi connectivity index (χ0) is 21.3. The van der Waals surface area contributed by atoms with Gasteiger partial charge in [0, 0.05) is 15.9 Å². The lowest BCUT2D eigenvalue weighted by molar-refractivity contribution is -0.113. The Bertz CT molecular complexity index is 1110. The molecule has 0 saturated carbocycles. The number of allylic oxidation sites excluding steroid dienone is 1. The molecule has 1 aliphatic rings. The van der Waals surface area contributed by atoms with Crippen LogP contribution in [0.15, 0.2) is 69.4 Å². The topological polar surface area (TPSA) is 81.1 Å². The van der Waals surface area contributed by atoms with E-state index in [9.17, 15) is 4.79 Å². The standard InChI is InChI=1S/C21H20BrN5O2S/c1-12-17(19(28)24-15-8-10-16(29-2)11-9-15)18(13-4-6-14(22)7-5-13)27-20(23-12)25-21(26-27)30-3/h4-11,18H,1-3H3,(H,24,28)(H,23,25,26)/t18-/m1/s1. The minimum atomic E-state index is -0.402. The lowest BCUT2D eigenvalue weighted by atomic mass is 9.95. The van der Waals surface area contributed by atoms with E-state index in [1.54, 1.807) is 11.8 Å². The molecule has 30 heavy (non-hydrogen) atoms. The number of carbonyl (C=O) groups excluding carboxylic acids is 1. The SMILES string of the molecule is COc1ccc(NC(=O)C2=C(C)Nc3nc(SC)nn3[C@@H]2c2ccc(Br)cc2)cc1. The van der Waals surface area contributed by atoms with E-state index in [-0.39, 0.29) is 5.91 Å². The van der Waals surface area contributed by atoms with Gasteiger partial charge in [-0.15, -0.1) is 5.10 Å². The smallest absolute Gasteiger partial charge is 0.255 e. The van der Waals surface area contributed by atoms with Crippen LogP contribution in [0.25, 0.3) is 0 Å². The third kappa shape index (κ3) is 3.95. The molecule has 4 rings (SSSR count). The summed E-state index contributed by atoms with van der Waals surface area (Å²) in [6, 6.07) is 14.7. The number of benzene rings is 2. The molecule has 0 fully saturated rings. The van der Waals surface area contributed by atoms with E-state index >= 15 is 0 Å². The van der Waals surface area contributed by atoms with Gasteiger partial charge in [-0.3, -0.25) is 4.79 Å². The number of nitrogens with one attached hydrogen (secondary N) is 2. The number of thioether (sulfide) groups is 1. The largest absolute Gasteiger partial charge is 0.497 e. The van der Waals surface area contributed by atoms with Crippen LogP contribution in [-0.2, 0) is 4.79 Å². The van der Waals surface area contributed by atoms with E-state index in [2.05, 4.69) is 36.6 Å². The number of aromatic nitrogens is 3. The lowest BCUT2D eigenvalue weighted by Gasteiger charge is -2.28. The Labute approximate surface area is 187 Å². The van der Waals surface area contributed by atoms with E-state index in [0.717, 1.165) is 21.5 Å². The van der Waals surface area contributed by atoms with E-state index < -0.39 is 6.04 Å². The Morgan fingerprint density at radius 3 is 2.53 bits per heavy atom. The van der Waals surface area contributed by atoms with Crippen molar-refractivity contribution in [2.24, 2.45) is 0 Å². The first-order chi connectivity index (χ1) is 14.5. The number of methoxy groups -OCH3 is 1. The monoisotopic (exact) mass is 485 g/mol. The van der Waals surface area contributed by atoms with Crippen molar-refractivity contribution >= 4 is 45.2 Å². The first-order valence-electron chi connectivity index (χ1n) is 9.19. The number of hydrogen-bond acceptors (Lipinski definition) is 6. The van der Waals surface area contributed by atoms with Crippen LogP contribution in [0.1, 0.15) is 18.5 Å². The second-order valence-electron chi connectivity index (χ2n) is 6.67. The molecule has 0 unspecified atom stereocenters. The van der Waals surface area contributed by atoms with Crippen molar-refractivity contribution in [1.82, 2.24) is 14.8 Å². The molecule has 2 aromatic carbocycles. The molecule has 0 saturated heterocycles. The van der Waals surface area contributed by atoms with Crippen LogP contribution in [-0.4, -0.2) is 34.0 Å². The van der Waals surface area contributed by atoms with Gasteiger partial charge in [-0.25, -0.2) is 4.68 Å². The average molecular weight is 486 g/mol. The molecule has 2 heterocycles. The number of carbonyl (C=O) groups is 1. The Balaban J connectivity index is 1.74. The Kier molecular flexibility index (Phi) is 5.83. The van der Waals surface area contributed by atoms with Gasteiger partial charge >= 0.3 is 0 Å². The van der Waals surface area contributed by atoms with Gasteiger partial charge in [0.25, 0.3) is 5.91 Å². The van der Waals surface area contributed by atoms with Crippen molar-refractivity contribution in [3.63, 3.8) is 0 Å². The fourth-order valence-corrected chi connectivity index (χ4v) is 3.95. The molecule has 2 N–H and O–H groups in total. The molecular formula is C21H20BrN5O2S. The molecule has 0 spiro atoms. The number of nitrogens with zero attached hydrogens (tertiary/aromatic N) is 3. The molecule has 7 nitrogen and oxygen atoms in total. The minimum Gasteiger partial charge on any atom is -0.497 e. The summed E-state index contributed by atoms with van der Waals surface area (Å²) >= 11 is 4.93. The van der Waals surface area contributed by atoms with E-state index in [4.69, 9.17) is 4.74 Å². The number of amides is 1. The summed E-state index contributed by atoms with van der Waals surface area (Å²) in [6.45, 7) is 1.88. The third-order valence-corrected chi connectivity index (χ3v) is 5.86. The van der Waals surface area contributed by atoms with Gasteiger partial charge in [0.15, 0.2) is 0 Å². The maximum atomic E-state index is 13.4. The fraction of sp³-hybridized carbons (Fsp3) is 0.190. The maximum absolute atomic E-state index is 13.4. The normalized spacial score (nSPS) is 15.4. The number of fused-ring (bicyclic) bond motifs is 1. The molecule has 1 atom stereocenters. The van der Waals surface area contributed by atoms with Crippen molar-refractivity contribution < 1.29 is 9.53 Å². The van der Waals surface area contributed by atoms with Gasteiger partial charge in [0.05, 0.1) is 12.7 Å². The third-order valence-electron chi connectivity index (χ3n) is 4.79. The fourth-order valence-electron chi connectivity index (χ4n) is 3.34. The second kappa shape index (κ2) is 8.53. The summed E-state index contributed by atoms with van der Waals surface area (Å²) < 4.78 is 7.92. The van der Waals surface area contributed by atoms with Crippen molar-refractivity contribution in [2.75, 3.05) is 24.0 Å². The highest BCUT2D eigenvalue weighted by atomic mass is 79.9. The zero-order valence-corrected chi connectivity index (χ0v) is 19.0. The number of rotatable bonds is 5. The highest BCUT2D eigenvalue weighted by Gasteiger charge is 2.34. The van der Waals surface area contributed by atoms with E-state index in [0.29, 0.717) is 22.4 Å². The summed E-state index contributed by atoms with van der Waals surface area (Å²) in [5.41, 5.74) is 2.95. The highest BCUT2D eigenvalue weighted by molar-refractivity contribution is 9.10. The number of halogens is 1. The zero-order valence-electron chi connectivity index (χ0n) is 16.6. The quantitative estimate of drug-likeness (QED) is 0.509. The van der Waals surface area contributed by atoms with Crippen LogP contribution >= 0.6 is 27.7 Å². The number of ether oxygens (including phenoxy) is 1. The van der Waals surface area contributed by atoms with E-state index in [1.807, 2.05) is 61.7 Å². The van der Waals surface area contributed by atoms with Gasteiger partial charge in [-0.1, -0.05) is 39.8 Å². The van der Waals surface area contributed by atoms with Crippen LogP contribution in [0, 0.1) is 0 Å². The average Bonchev–Trinajstić information content (AvgIpc) is 3.16. The Morgan fingerprint density at radius 1 is 1.20 bits per heavy atom. The minimum absolute atomic E-state index is 0.204.